The van der Waals surface area contributed by atoms with Crippen LogP contribution in [0.3, 0.4) is 0 Å². The van der Waals surface area contributed by atoms with E-state index < -0.39 is 0 Å². The van der Waals surface area contributed by atoms with Gasteiger partial charge >= 0.3 is 0 Å². The second-order valence-corrected chi connectivity index (χ2v) is 4.31. The van der Waals surface area contributed by atoms with Gasteiger partial charge in [0.1, 0.15) is 0 Å². The first-order valence-corrected chi connectivity index (χ1v) is 5.51. The third-order valence-electron chi connectivity index (χ3n) is 1.75. The van der Waals surface area contributed by atoms with Crippen LogP contribution in [0.4, 0.5) is 0 Å². The van der Waals surface area contributed by atoms with Crippen LogP contribution in [0.15, 0.2) is 34.3 Å². The van der Waals surface area contributed by atoms with Crippen LogP contribution in [0.25, 0.3) is 0 Å². The van der Waals surface area contributed by atoms with Crippen LogP contribution >= 0.6 is 22.7 Å². The van der Waals surface area contributed by atoms with Gasteiger partial charge in [0.05, 0.1) is 6.04 Å². The van der Waals surface area contributed by atoms with E-state index in [1.54, 1.807) is 22.7 Å². The van der Waals surface area contributed by atoms with Crippen molar-refractivity contribution in [1.29, 1.82) is 0 Å². The molecule has 1 nitrogen and oxygen atoms in total. The molecule has 0 amide bonds. The van der Waals surface area contributed by atoms with Crippen molar-refractivity contribution in [3.8, 4) is 0 Å². The Kier molecular flexibility index (Phi) is 2.26. The summed E-state index contributed by atoms with van der Waals surface area (Å²) in [6.45, 7) is 0. The number of rotatable bonds is 2. The molecular formula is C9H9NS2. The van der Waals surface area contributed by atoms with Gasteiger partial charge < -0.3 is 5.73 Å². The highest BCUT2D eigenvalue weighted by molar-refractivity contribution is 7.10. The molecule has 0 aromatic carbocycles. The van der Waals surface area contributed by atoms with Crippen LogP contribution in [0, 0.1) is 0 Å². The SMILES string of the molecule is NC(c1ccsc1)c1cccs1. The van der Waals surface area contributed by atoms with E-state index in [0.717, 1.165) is 0 Å². The smallest absolute Gasteiger partial charge is 0.0654 e. The Morgan fingerprint density at radius 3 is 2.75 bits per heavy atom. The molecule has 3 heteroatoms. The van der Waals surface area contributed by atoms with Gasteiger partial charge in [-0.25, -0.2) is 0 Å². The van der Waals surface area contributed by atoms with Gasteiger partial charge in [0, 0.05) is 4.88 Å². The maximum Gasteiger partial charge on any atom is 0.0654 e. The van der Waals surface area contributed by atoms with Gasteiger partial charge in [0.2, 0.25) is 0 Å². The highest BCUT2D eigenvalue weighted by Gasteiger charge is 2.08. The van der Waals surface area contributed by atoms with Crippen molar-refractivity contribution in [2.24, 2.45) is 5.73 Å². The maximum atomic E-state index is 6.02. The first kappa shape index (κ1) is 7.98. The van der Waals surface area contributed by atoms with E-state index in [0.29, 0.717) is 0 Å². The first-order chi connectivity index (χ1) is 5.88. The van der Waals surface area contributed by atoms with Gasteiger partial charge in [-0.1, -0.05) is 6.07 Å². The molecule has 0 aliphatic heterocycles. The van der Waals surface area contributed by atoms with E-state index >= 15 is 0 Å². The molecule has 0 aliphatic rings. The van der Waals surface area contributed by atoms with Gasteiger partial charge in [0.25, 0.3) is 0 Å². The van der Waals surface area contributed by atoms with E-state index in [4.69, 9.17) is 5.73 Å². The predicted octanol–water partition coefficient (Wildman–Crippen LogP) is 2.86. The van der Waals surface area contributed by atoms with Crippen molar-refractivity contribution in [3.05, 3.63) is 44.8 Å². The molecule has 2 aromatic rings. The van der Waals surface area contributed by atoms with E-state index in [-0.39, 0.29) is 6.04 Å². The average molecular weight is 195 g/mol. The lowest BCUT2D eigenvalue weighted by Crippen LogP contribution is -2.08. The molecule has 2 rings (SSSR count). The summed E-state index contributed by atoms with van der Waals surface area (Å²) in [5.41, 5.74) is 7.23. The fraction of sp³-hybridized carbons (Fsp3) is 0.111. The summed E-state index contributed by atoms with van der Waals surface area (Å²) in [5.74, 6) is 0. The molecule has 0 saturated carbocycles. The van der Waals surface area contributed by atoms with Gasteiger partial charge in [-0.05, 0) is 33.8 Å². The molecule has 62 valence electrons. The molecule has 0 spiro atoms. The third-order valence-corrected chi connectivity index (χ3v) is 3.41. The zero-order chi connectivity index (χ0) is 8.39. The number of hydrogen-bond acceptors (Lipinski definition) is 3. The minimum atomic E-state index is 0.0660. The van der Waals surface area contributed by atoms with E-state index in [1.807, 2.05) is 6.07 Å². The van der Waals surface area contributed by atoms with E-state index in [2.05, 4.69) is 28.3 Å². The molecule has 0 saturated heterocycles. The van der Waals surface area contributed by atoms with E-state index in [1.165, 1.54) is 10.4 Å². The average Bonchev–Trinajstić information content (AvgIpc) is 2.77. The van der Waals surface area contributed by atoms with Crippen LogP contribution in [-0.4, -0.2) is 0 Å². The van der Waals surface area contributed by atoms with Gasteiger partial charge in [-0.3, -0.25) is 0 Å². The lowest BCUT2D eigenvalue weighted by molar-refractivity contribution is 0.899. The van der Waals surface area contributed by atoms with E-state index in [9.17, 15) is 0 Å². The second kappa shape index (κ2) is 3.39. The van der Waals surface area contributed by atoms with Crippen molar-refractivity contribution in [1.82, 2.24) is 0 Å². The molecule has 2 heterocycles. The van der Waals surface area contributed by atoms with Crippen molar-refractivity contribution < 1.29 is 0 Å². The van der Waals surface area contributed by atoms with Gasteiger partial charge in [0.15, 0.2) is 0 Å². The van der Waals surface area contributed by atoms with Crippen molar-refractivity contribution in [2.75, 3.05) is 0 Å². The van der Waals surface area contributed by atoms with Crippen molar-refractivity contribution in [3.63, 3.8) is 0 Å². The molecule has 0 fully saturated rings. The van der Waals surface area contributed by atoms with Crippen molar-refractivity contribution in [2.45, 2.75) is 6.04 Å². The molecule has 1 atom stereocenters. The molecule has 0 radical (unpaired) electrons. The van der Waals surface area contributed by atoms with Gasteiger partial charge in [-0.2, -0.15) is 11.3 Å². The zero-order valence-electron chi connectivity index (χ0n) is 6.44. The quantitative estimate of drug-likeness (QED) is 0.783. The highest BCUT2D eigenvalue weighted by atomic mass is 32.1. The summed E-state index contributed by atoms with van der Waals surface area (Å²) in [5, 5.41) is 6.22. The molecule has 2 aromatic heterocycles. The molecule has 1 unspecified atom stereocenters. The maximum absolute atomic E-state index is 6.02. The van der Waals surface area contributed by atoms with Crippen LogP contribution in [0.5, 0.6) is 0 Å². The fourth-order valence-electron chi connectivity index (χ4n) is 1.08. The van der Waals surface area contributed by atoms with Crippen LogP contribution < -0.4 is 5.73 Å². The molecule has 2 N–H and O–H groups in total. The van der Waals surface area contributed by atoms with Gasteiger partial charge in [-0.15, -0.1) is 11.3 Å². The summed E-state index contributed by atoms with van der Waals surface area (Å²) in [6, 6.07) is 6.25. The molecule has 12 heavy (non-hydrogen) atoms. The Morgan fingerprint density at radius 1 is 1.25 bits per heavy atom. The Bertz CT molecular complexity index is 289. The Labute approximate surface area is 79.5 Å². The fourth-order valence-corrected chi connectivity index (χ4v) is 2.54. The number of hydrogen-bond donors (Lipinski definition) is 1. The minimum absolute atomic E-state index is 0.0660. The predicted molar refractivity (Wildman–Crippen MR) is 54.7 cm³/mol. The van der Waals surface area contributed by atoms with Crippen LogP contribution in [0.1, 0.15) is 16.5 Å². The molecule has 0 bridgehead atoms. The Morgan fingerprint density at radius 2 is 2.17 bits per heavy atom. The minimum Gasteiger partial charge on any atom is -0.320 e. The summed E-state index contributed by atoms with van der Waals surface area (Å²) >= 11 is 3.40. The zero-order valence-corrected chi connectivity index (χ0v) is 8.07. The summed E-state index contributed by atoms with van der Waals surface area (Å²) < 4.78 is 0. The standard InChI is InChI=1S/C9H9NS2/c10-9(7-3-5-11-6-7)8-2-1-4-12-8/h1-6,9H,10H2. The monoisotopic (exact) mass is 195 g/mol. The second-order valence-electron chi connectivity index (χ2n) is 2.55. The summed E-state index contributed by atoms with van der Waals surface area (Å²) in [6.07, 6.45) is 0. The Balaban J connectivity index is 2.27. The van der Waals surface area contributed by atoms with Crippen molar-refractivity contribution >= 4 is 22.7 Å². The lowest BCUT2D eigenvalue weighted by Gasteiger charge is -2.05. The highest BCUT2D eigenvalue weighted by Crippen LogP contribution is 2.24. The largest absolute Gasteiger partial charge is 0.320 e. The van der Waals surface area contributed by atoms with Crippen LogP contribution in [0.2, 0.25) is 0 Å². The molecule has 0 aliphatic carbocycles. The number of thiophene rings is 2. The lowest BCUT2D eigenvalue weighted by atomic mass is 10.1. The summed E-state index contributed by atoms with van der Waals surface area (Å²) in [4.78, 5) is 1.23. The third kappa shape index (κ3) is 1.43. The summed E-state index contributed by atoms with van der Waals surface area (Å²) in [7, 11) is 0. The first-order valence-electron chi connectivity index (χ1n) is 3.69. The normalized spacial score (nSPS) is 13.1. The van der Waals surface area contributed by atoms with Crippen LogP contribution in [-0.2, 0) is 0 Å². The topological polar surface area (TPSA) is 26.0 Å². The Hall–Kier alpha value is -0.640. The number of nitrogens with two attached hydrogens (primary N) is 1. The molecular weight excluding hydrogens is 186 g/mol.